The van der Waals surface area contributed by atoms with Crippen LogP contribution >= 0.6 is 12.4 Å². The number of halogens is 2. The average Bonchev–Trinajstić information content (AvgIpc) is 2.58. The summed E-state index contributed by atoms with van der Waals surface area (Å²) in [7, 11) is 0. The molecule has 0 saturated heterocycles. The van der Waals surface area contributed by atoms with Crippen LogP contribution in [0.2, 0.25) is 0 Å². The molecule has 0 aliphatic carbocycles. The summed E-state index contributed by atoms with van der Waals surface area (Å²) in [5.74, 6) is -1.02. The highest BCUT2D eigenvalue weighted by Crippen LogP contribution is 2.38. The minimum Gasteiger partial charge on any atom is -0.481 e. The Morgan fingerprint density at radius 1 is 1.08 bits per heavy atom. The van der Waals surface area contributed by atoms with Gasteiger partial charge >= 0.3 is 5.97 Å². The molecule has 1 atom stereocenters. The van der Waals surface area contributed by atoms with Gasteiger partial charge in [0.1, 0.15) is 5.54 Å². The maximum atomic E-state index is 14.5. The van der Waals surface area contributed by atoms with Crippen molar-refractivity contribution in [2.24, 2.45) is 0 Å². The first-order valence-corrected chi connectivity index (χ1v) is 7.61. The molecule has 1 N–H and O–H groups in total. The fourth-order valence-corrected chi connectivity index (χ4v) is 3.04. The van der Waals surface area contributed by atoms with Crippen LogP contribution in [0.3, 0.4) is 0 Å². The number of rotatable bonds is 4. The minimum atomic E-state index is -1.22. The van der Waals surface area contributed by atoms with Crippen LogP contribution < -0.4 is 0 Å². The van der Waals surface area contributed by atoms with Crippen LogP contribution in [0.15, 0.2) is 66.7 Å². The Kier molecular flexibility index (Phi) is 5.75. The maximum Gasteiger partial charge on any atom is 0.306 e. The van der Waals surface area contributed by atoms with Crippen LogP contribution in [0.1, 0.15) is 18.4 Å². The number of aliphatic carboxylic acids is 1. The first-order chi connectivity index (χ1) is 11.1. The van der Waals surface area contributed by atoms with E-state index in [0.29, 0.717) is 17.1 Å². The summed E-state index contributed by atoms with van der Waals surface area (Å²) in [6, 6.07) is 17.3. The van der Waals surface area contributed by atoms with Crippen molar-refractivity contribution in [2.75, 3.05) is 6.54 Å². The van der Waals surface area contributed by atoms with Crippen molar-refractivity contribution in [3.8, 4) is 11.1 Å². The molecule has 5 heteroatoms. The Morgan fingerprint density at radius 3 is 2.29 bits per heavy atom. The van der Waals surface area contributed by atoms with E-state index in [1.807, 2.05) is 60.7 Å². The molecule has 3 nitrogen and oxygen atoms in total. The summed E-state index contributed by atoms with van der Waals surface area (Å²) < 4.78 is 14.5. The summed E-state index contributed by atoms with van der Waals surface area (Å²) in [5.41, 5.74) is 1.52. The van der Waals surface area contributed by atoms with E-state index in [2.05, 4.69) is 0 Å². The van der Waals surface area contributed by atoms with E-state index in [4.69, 9.17) is 0 Å². The zero-order valence-corrected chi connectivity index (χ0v) is 13.9. The molecule has 1 unspecified atom stereocenters. The van der Waals surface area contributed by atoms with Gasteiger partial charge in [0.05, 0.1) is 6.42 Å². The standard InChI is InChI=1S/C19H18FNO2.ClH/c20-21-13-5-4-12-19(21,14-18(22)23)17-10-8-16(9-11-17)15-6-2-1-3-7-15;/h1-4,6-12H,5,13-14H2,(H,22,23);1H. The summed E-state index contributed by atoms with van der Waals surface area (Å²) >= 11 is 0. The number of nitrogens with zero attached hydrogens (tertiary/aromatic N) is 1. The quantitative estimate of drug-likeness (QED) is 0.649. The van der Waals surface area contributed by atoms with E-state index in [9.17, 15) is 14.4 Å². The van der Waals surface area contributed by atoms with Gasteiger partial charge in [0.25, 0.3) is 0 Å². The Labute approximate surface area is 146 Å². The Balaban J connectivity index is 0.00000208. The van der Waals surface area contributed by atoms with Gasteiger partial charge in [0.15, 0.2) is 0 Å². The average molecular weight is 348 g/mol. The smallest absolute Gasteiger partial charge is 0.306 e. The molecule has 1 aliphatic heterocycles. The van der Waals surface area contributed by atoms with Crippen LogP contribution in [-0.4, -0.2) is 22.7 Å². The molecule has 0 spiro atoms. The van der Waals surface area contributed by atoms with Crippen molar-refractivity contribution >= 4 is 18.4 Å². The molecule has 24 heavy (non-hydrogen) atoms. The fraction of sp³-hybridized carbons (Fsp3) is 0.211. The summed E-state index contributed by atoms with van der Waals surface area (Å²) in [5, 5.41) is 9.85. The molecule has 0 bridgehead atoms. The number of hydrogen-bond acceptors (Lipinski definition) is 2. The Hall–Kier alpha value is -2.17. The van der Waals surface area contributed by atoms with Crippen molar-refractivity contribution in [3.63, 3.8) is 0 Å². The lowest BCUT2D eigenvalue weighted by molar-refractivity contribution is -0.145. The largest absolute Gasteiger partial charge is 0.481 e. The molecule has 0 amide bonds. The molecule has 0 radical (unpaired) electrons. The van der Waals surface area contributed by atoms with Crippen molar-refractivity contribution in [1.29, 1.82) is 0 Å². The van der Waals surface area contributed by atoms with E-state index in [-0.39, 0.29) is 25.4 Å². The number of carboxylic acid groups (broad SMARTS) is 1. The van der Waals surface area contributed by atoms with Crippen LogP contribution in [0.25, 0.3) is 11.1 Å². The molecule has 126 valence electrons. The van der Waals surface area contributed by atoms with E-state index in [0.717, 1.165) is 11.1 Å². The van der Waals surface area contributed by atoms with Gasteiger partial charge in [-0.1, -0.05) is 66.7 Å². The predicted molar refractivity (Wildman–Crippen MR) is 94.6 cm³/mol. The zero-order chi connectivity index (χ0) is 16.3. The molecule has 0 fully saturated rings. The molecule has 2 aromatic carbocycles. The van der Waals surface area contributed by atoms with Gasteiger partial charge in [-0.25, -0.2) is 0 Å². The van der Waals surface area contributed by atoms with E-state index >= 15 is 0 Å². The first kappa shape index (κ1) is 18.2. The molecular formula is C19H19ClFNO2. The Bertz CT molecular complexity index is 718. The molecular weight excluding hydrogens is 329 g/mol. The van der Waals surface area contributed by atoms with Gasteiger partial charge in [-0.15, -0.1) is 22.0 Å². The lowest BCUT2D eigenvalue weighted by atomic mass is 9.83. The number of hydrogen-bond donors (Lipinski definition) is 1. The van der Waals surface area contributed by atoms with Crippen LogP contribution in [0, 0.1) is 0 Å². The SMILES string of the molecule is Cl.O=C(O)CC1(c2ccc(-c3ccccc3)cc2)C=CCCN1F. The van der Waals surface area contributed by atoms with Gasteiger partial charge < -0.3 is 5.11 Å². The molecule has 0 aromatic heterocycles. The number of carbonyl (C=O) groups is 1. The van der Waals surface area contributed by atoms with E-state index in [1.165, 1.54) is 0 Å². The Morgan fingerprint density at radius 2 is 1.71 bits per heavy atom. The van der Waals surface area contributed by atoms with Gasteiger partial charge in [-0.2, -0.15) is 0 Å². The molecule has 2 aromatic rings. The van der Waals surface area contributed by atoms with Crippen LogP contribution in [0.4, 0.5) is 4.48 Å². The van der Waals surface area contributed by atoms with Crippen molar-refractivity contribution in [2.45, 2.75) is 18.4 Å². The molecule has 0 saturated carbocycles. The highest BCUT2D eigenvalue weighted by Gasteiger charge is 2.40. The molecule has 1 heterocycles. The number of benzene rings is 2. The third-order valence-electron chi connectivity index (χ3n) is 4.23. The fourth-order valence-electron chi connectivity index (χ4n) is 3.04. The van der Waals surface area contributed by atoms with E-state index in [1.54, 1.807) is 6.08 Å². The van der Waals surface area contributed by atoms with Crippen LogP contribution in [-0.2, 0) is 10.3 Å². The minimum absolute atomic E-state index is 0. The first-order valence-electron chi connectivity index (χ1n) is 7.61. The maximum absolute atomic E-state index is 14.5. The van der Waals surface area contributed by atoms with Crippen LogP contribution in [0.5, 0.6) is 0 Å². The van der Waals surface area contributed by atoms with Crippen molar-refractivity contribution < 1.29 is 14.4 Å². The second kappa shape index (κ2) is 7.60. The predicted octanol–water partition coefficient (Wildman–Crippen LogP) is 4.59. The summed E-state index contributed by atoms with van der Waals surface area (Å²) in [6.07, 6.45) is 3.80. The third-order valence-corrected chi connectivity index (χ3v) is 4.23. The molecule has 1 aliphatic rings. The monoisotopic (exact) mass is 347 g/mol. The second-order valence-electron chi connectivity index (χ2n) is 5.71. The lowest BCUT2D eigenvalue weighted by Gasteiger charge is -2.37. The van der Waals surface area contributed by atoms with Gasteiger partial charge in [-0.05, 0) is 23.1 Å². The topological polar surface area (TPSA) is 40.5 Å². The second-order valence-corrected chi connectivity index (χ2v) is 5.71. The van der Waals surface area contributed by atoms with Gasteiger partial charge in [0.2, 0.25) is 0 Å². The lowest BCUT2D eigenvalue weighted by Crippen LogP contribution is -2.43. The van der Waals surface area contributed by atoms with Gasteiger partial charge in [0, 0.05) is 6.54 Å². The molecule has 3 rings (SSSR count). The highest BCUT2D eigenvalue weighted by molar-refractivity contribution is 5.85. The van der Waals surface area contributed by atoms with Crippen molar-refractivity contribution in [1.82, 2.24) is 5.12 Å². The van der Waals surface area contributed by atoms with Gasteiger partial charge in [-0.3, -0.25) is 4.79 Å². The van der Waals surface area contributed by atoms with E-state index < -0.39 is 11.5 Å². The normalized spacial score (nSPS) is 20.4. The summed E-state index contributed by atoms with van der Waals surface area (Å²) in [6.45, 7) is 0.199. The third kappa shape index (κ3) is 3.50. The number of carboxylic acids is 1. The van der Waals surface area contributed by atoms with Crippen molar-refractivity contribution in [3.05, 3.63) is 72.3 Å². The highest BCUT2D eigenvalue weighted by atomic mass is 35.5. The summed E-state index contributed by atoms with van der Waals surface area (Å²) in [4.78, 5) is 11.3. The zero-order valence-electron chi connectivity index (χ0n) is 13.1.